The van der Waals surface area contributed by atoms with Gasteiger partial charge in [0.2, 0.25) is 0 Å². The average molecular weight is 448 g/mol. The number of hydrogen-bond donors (Lipinski definition) is 0. The summed E-state index contributed by atoms with van der Waals surface area (Å²) in [4.78, 5) is 0. The van der Waals surface area contributed by atoms with Gasteiger partial charge in [-0.3, -0.25) is 0 Å². The van der Waals surface area contributed by atoms with Gasteiger partial charge in [-0.05, 0) is 52.6 Å². The number of ether oxygens (including phenoxy) is 1. The molecule has 28 heavy (non-hydrogen) atoms. The summed E-state index contributed by atoms with van der Waals surface area (Å²) in [6.07, 6.45) is 0. The Hall–Kier alpha value is -2.75. The second-order valence-corrected chi connectivity index (χ2v) is 8.14. The minimum absolute atomic E-state index is 0.559. The molecule has 134 valence electrons. The van der Waals surface area contributed by atoms with Gasteiger partial charge < -0.3 is 9.15 Å². The molecular formula is C24H12BrClO2. The first-order chi connectivity index (χ1) is 13.7. The maximum atomic E-state index is 6.41. The van der Waals surface area contributed by atoms with Crippen LogP contribution in [-0.2, 0) is 0 Å². The van der Waals surface area contributed by atoms with Crippen molar-refractivity contribution in [3.8, 4) is 11.5 Å². The fraction of sp³-hybridized carbons (Fsp3) is 0. The second kappa shape index (κ2) is 5.87. The van der Waals surface area contributed by atoms with Gasteiger partial charge in [-0.15, -0.1) is 0 Å². The summed E-state index contributed by atoms with van der Waals surface area (Å²) in [5.41, 5.74) is 1.75. The third-order valence-corrected chi connectivity index (χ3v) is 6.01. The summed E-state index contributed by atoms with van der Waals surface area (Å²) in [5, 5.41) is 7.35. The van der Waals surface area contributed by atoms with Crippen LogP contribution in [0.2, 0.25) is 5.02 Å². The molecule has 0 bridgehead atoms. The van der Waals surface area contributed by atoms with Gasteiger partial charge in [0.15, 0.2) is 0 Å². The lowest BCUT2D eigenvalue weighted by Gasteiger charge is -2.13. The molecule has 0 amide bonds. The Morgan fingerprint density at radius 1 is 0.679 bits per heavy atom. The van der Waals surface area contributed by atoms with Gasteiger partial charge in [0.25, 0.3) is 0 Å². The predicted molar refractivity (Wildman–Crippen MR) is 119 cm³/mol. The van der Waals surface area contributed by atoms with Crippen molar-refractivity contribution in [2.24, 2.45) is 0 Å². The van der Waals surface area contributed by atoms with Crippen LogP contribution in [0, 0.1) is 0 Å². The van der Waals surface area contributed by atoms with Gasteiger partial charge in [-0.1, -0.05) is 63.9 Å². The molecule has 6 rings (SSSR count). The molecular weight excluding hydrogens is 436 g/mol. The zero-order valence-corrected chi connectivity index (χ0v) is 16.8. The van der Waals surface area contributed by atoms with E-state index >= 15 is 0 Å². The van der Waals surface area contributed by atoms with Crippen molar-refractivity contribution in [1.82, 2.24) is 0 Å². The summed E-state index contributed by atoms with van der Waals surface area (Å²) < 4.78 is 13.4. The van der Waals surface area contributed by atoms with E-state index < -0.39 is 0 Å². The van der Waals surface area contributed by atoms with Crippen LogP contribution in [0.5, 0.6) is 11.5 Å². The Labute approximate surface area is 173 Å². The van der Waals surface area contributed by atoms with Crippen LogP contribution >= 0.6 is 27.5 Å². The standard InChI is InChI=1S/C24H12BrClO2/c25-13-8-9-18(17(26)12-13)27-20-10-11-21-24-22-16(6-3-7-19(22)28-21)14-4-1-2-5-15(14)23(20)24/h1-12H. The van der Waals surface area contributed by atoms with Gasteiger partial charge >= 0.3 is 0 Å². The number of halogens is 2. The van der Waals surface area contributed by atoms with Crippen molar-refractivity contribution in [3.63, 3.8) is 0 Å². The minimum atomic E-state index is 0.559. The van der Waals surface area contributed by atoms with Crippen molar-refractivity contribution in [2.45, 2.75) is 0 Å². The first kappa shape index (κ1) is 16.2. The Balaban J connectivity index is 1.76. The Bertz CT molecular complexity index is 1520. The van der Waals surface area contributed by atoms with E-state index in [9.17, 15) is 0 Å². The van der Waals surface area contributed by atoms with Crippen LogP contribution in [-0.4, -0.2) is 0 Å². The summed E-state index contributed by atoms with van der Waals surface area (Å²) in [6, 6.07) is 24.2. The number of fused-ring (bicyclic) bond motifs is 3. The Morgan fingerprint density at radius 2 is 1.39 bits per heavy atom. The van der Waals surface area contributed by atoms with Gasteiger partial charge in [-0.2, -0.15) is 0 Å². The maximum Gasteiger partial charge on any atom is 0.146 e. The topological polar surface area (TPSA) is 22.4 Å². The van der Waals surface area contributed by atoms with Crippen molar-refractivity contribution < 1.29 is 9.15 Å². The molecule has 0 fully saturated rings. The molecule has 6 aromatic rings. The predicted octanol–water partition coefficient (Wildman–Crippen LogP) is 8.54. The van der Waals surface area contributed by atoms with Gasteiger partial charge in [-0.25, -0.2) is 0 Å². The molecule has 0 unspecified atom stereocenters. The average Bonchev–Trinajstić information content (AvgIpc) is 3.09. The molecule has 5 aromatic carbocycles. The molecule has 0 spiro atoms. The van der Waals surface area contributed by atoms with E-state index in [1.54, 1.807) is 0 Å². The highest BCUT2D eigenvalue weighted by Gasteiger charge is 2.20. The smallest absolute Gasteiger partial charge is 0.146 e. The van der Waals surface area contributed by atoms with Crippen molar-refractivity contribution >= 4 is 71.0 Å². The van der Waals surface area contributed by atoms with Crippen molar-refractivity contribution in [3.05, 3.63) is 82.3 Å². The highest BCUT2D eigenvalue weighted by atomic mass is 79.9. The lowest BCUT2D eigenvalue weighted by atomic mass is 9.94. The summed E-state index contributed by atoms with van der Waals surface area (Å²) in [5.74, 6) is 1.39. The normalized spacial score (nSPS) is 11.9. The van der Waals surface area contributed by atoms with E-state index in [4.69, 9.17) is 20.8 Å². The fourth-order valence-corrected chi connectivity index (χ4v) is 4.79. The highest BCUT2D eigenvalue weighted by molar-refractivity contribution is 9.10. The van der Waals surface area contributed by atoms with E-state index in [2.05, 4.69) is 46.3 Å². The third-order valence-electron chi connectivity index (χ3n) is 5.23. The molecule has 4 heteroatoms. The molecule has 0 saturated carbocycles. The summed E-state index contributed by atoms with van der Waals surface area (Å²) in [7, 11) is 0. The van der Waals surface area contributed by atoms with Crippen LogP contribution in [0.4, 0.5) is 0 Å². The molecule has 0 aliphatic heterocycles. The molecule has 0 aliphatic carbocycles. The van der Waals surface area contributed by atoms with Crippen molar-refractivity contribution in [2.75, 3.05) is 0 Å². The Morgan fingerprint density at radius 3 is 2.25 bits per heavy atom. The minimum Gasteiger partial charge on any atom is -0.456 e. The lowest BCUT2D eigenvalue weighted by Crippen LogP contribution is -1.89. The van der Waals surface area contributed by atoms with E-state index in [1.807, 2.05) is 42.5 Å². The molecule has 1 aromatic heterocycles. The Kier molecular flexibility index (Phi) is 3.40. The van der Waals surface area contributed by atoms with Crippen LogP contribution in [0.1, 0.15) is 0 Å². The number of hydrogen-bond acceptors (Lipinski definition) is 2. The van der Waals surface area contributed by atoms with E-state index in [0.717, 1.165) is 42.9 Å². The fourth-order valence-electron chi connectivity index (χ4n) is 4.08. The molecule has 1 heterocycles. The summed E-state index contributed by atoms with van der Waals surface area (Å²) in [6.45, 7) is 0. The highest BCUT2D eigenvalue weighted by Crippen LogP contribution is 2.47. The molecule has 0 N–H and O–H groups in total. The van der Waals surface area contributed by atoms with Crippen LogP contribution < -0.4 is 4.74 Å². The van der Waals surface area contributed by atoms with Gasteiger partial charge in [0, 0.05) is 20.6 Å². The first-order valence-corrected chi connectivity index (χ1v) is 10.1. The molecule has 2 nitrogen and oxygen atoms in total. The monoisotopic (exact) mass is 446 g/mol. The summed E-state index contributed by atoms with van der Waals surface area (Å²) >= 11 is 9.85. The number of furan rings is 1. The zero-order chi connectivity index (χ0) is 18.8. The third kappa shape index (κ3) is 2.20. The largest absolute Gasteiger partial charge is 0.456 e. The van der Waals surface area contributed by atoms with Crippen LogP contribution in [0.15, 0.2) is 81.7 Å². The number of benzene rings is 5. The zero-order valence-electron chi connectivity index (χ0n) is 14.5. The first-order valence-electron chi connectivity index (χ1n) is 8.91. The maximum absolute atomic E-state index is 6.41. The molecule has 0 aliphatic rings. The van der Waals surface area contributed by atoms with Crippen LogP contribution in [0.25, 0.3) is 43.5 Å². The van der Waals surface area contributed by atoms with E-state index in [1.165, 1.54) is 10.8 Å². The van der Waals surface area contributed by atoms with Gasteiger partial charge in [0.05, 0.1) is 5.02 Å². The molecule has 0 saturated heterocycles. The number of rotatable bonds is 2. The van der Waals surface area contributed by atoms with E-state index in [-0.39, 0.29) is 0 Å². The quantitative estimate of drug-likeness (QED) is 0.248. The lowest BCUT2D eigenvalue weighted by molar-refractivity contribution is 0.488. The van der Waals surface area contributed by atoms with Gasteiger partial charge in [0.1, 0.15) is 22.7 Å². The second-order valence-electron chi connectivity index (χ2n) is 6.81. The van der Waals surface area contributed by atoms with Crippen LogP contribution in [0.3, 0.4) is 0 Å². The van der Waals surface area contributed by atoms with E-state index in [0.29, 0.717) is 10.8 Å². The molecule has 0 radical (unpaired) electrons. The van der Waals surface area contributed by atoms with Crippen molar-refractivity contribution in [1.29, 1.82) is 0 Å². The molecule has 0 atom stereocenters. The SMILES string of the molecule is Clc1cc(Br)ccc1Oc1ccc2oc3cccc4c5ccccc5c1c2c34.